The Kier molecular flexibility index (Phi) is 30.5. The van der Waals surface area contributed by atoms with E-state index in [4.69, 9.17) is 10.8 Å². The zero-order valence-electron chi connectivity index (χ0n) is 46.9. The van der Waals surface area contributed by atoms with Gasteiger partial charge in [0.2, 0.25) is 47.3 Å². The number of carboxylic acids is 6. The third kappa shape index (κ3) is 27.2. The molecule has 0 fully saturated rings. The maximum absolute atomic E-state index is 14.1. The Labute approximate surface area is 506 Å². The first-order valence-corrected chi connectivity index (χ1v) is 27.5. The Morgan fingerprint density at radius 3 is 1.16 bits per heavy atom. The molecule has 88 heavy (non-hydrogen) atoms. The maximum atomic E-state index is 14.1. The SMILES string of the molecule is N[C@@H](CNC(=O)[C@H](Cc1ccccc1)NC(=O)[C@H](Cc1ccccc1)NC(=O)CNC(=O)CC[C@@H](NC(=O)C(Cc1ccccc1)NC(=O)CC[C@H](NC(=O)N[C@@H](CCC(=O)O)C(=O)O)C(=O)O)C(=O)O)C(=O)N[C@@H](CC(=O)O)C(=O)N[C@@H](CS)C(=O)O. The Morgan fingerprint density at radius 1 is 0.375 bits per heavy atom. The molecule has 476 valence electrons. The molecule has 10 amide bonds. The molecule has 0 saturated carbocycles. The summed E-state index contributed by atoms with van der Waals surface area (Å²) in [5.74, 6) is -17.5. The third-order valence-electron chi connectivity index (χ3n) is 12.7. The normalized spacial score (nSPS) is 13.8. The van der Waals surface area contributed by atoms with Gasteiger partial charge >= 0.3 is 41.8 Å². The van der Waals surface area contributed by atoms with E-state index < -0.39 is 202 Å². The van der Waals surface area contributed by atoms with E-state index in [2.05, 4.69) is 55.2 Å². The summed E-state index contributed by atoms with van der Waals surface area (Å²) in [5.41, 5.74) is 7.56. The minimum atomic E-state index is -1.80. The van der Waals surface area contributed by atoms with E-state index >= 15 is 0 Å². The number of hydrogen-bond donors (Lipinski definition) is 18. The Hall–Kier alpha value is -10.2. The van der Waals surface area contributed by atoms with Crippen molar-refractivity contribution in [2.75, 3.05) is 18.8 Å². The highest BCUT2D eigenvalue weighted by Crippen LogP contribution is 2.11. The van der Waals surface area contributed by atoms with Gasteiger partial charge in [-0.05, 0) is 36.0 Å². The molecular formula is C55H69N11O21S. The second kappa shape index (κ2) is 37.3. The highest BCUT2D eigenvalue weighted by molar-refractivity contribution is 7.80. The van der Waals surface area contributed by atoms with Crippen LogP contribution < -0.4 is 58.9 Å². The third-order valence-corrected chi connectivity index (χ3v) is 13.0. The first-order valence-electron chi connectivity index (χ1n) is 26.9. The molecule has 18 N–H and O–H groups in total. The fraction of sp³-hybridized carbons (Fsp3) is 0.400. The lowest BCUT2D eigenvalue weighted by Crippen LogP contribution is -2.59. The fourth-order valence-electron chi connectivity index (χ4n) is 8.00. The van der Waals surface area contributed by atoms with Crippen LogP contribution in [-0.2, 0) is 86.4 Å². The quantitative estimate of drug-likeness (QED) is 0.0245. The number of rotatable bonds is 39. The van der Waals surface area contributed by atoms with Crippen LogP contribution in [0.15, 0.2) is 91.0 Å². The van der Waals surface area contributed by atoms with Crippen molar-refractivity contribution in [3.05, 3.63) is 108 Å². The minimum absolute atomic E-state index is 0.157. The summed E-state index contributed by atoms with van der Waals surface area (Å²) in [5, 5.41) is 79.2. The molecule has 3 aromatic carbocycles. The lowest BCUT2D eigenvalue weighted by atomic mass is 10.0. The van der Waals surface area contributed by atoms with Gasteiger partial charge < -0.3 is 89.5 Å². The van der Waals surface area contributed by atoms with Gasteiger partial charge in [-0.2, -0.15) is 12.6 Å². The van der Waals surface area contributed by atoms with Gasteiger partial charge in [-0.25, -0.2) is 24.0 Å². The van der Waals surface area contributed by atoms with Gasteiger partial charge in [0.15, 0.2) is 0 Å². The van der Waals surface area contributed by atoms with Crippen LogP contribution >= 0.6 is 12.6 Å². The largest absolute Gasteiger partial charge is 0.481 e. The molecule has 9 atom stereocenters. The molecule has 0 aliphatic heterocycles. The number of urea groups is 1. The number of carbonyl (C=O) groups is 15. The van der Waals surface area contributed by atoms with Crippen LogP contribution in [0.3, 0.4) is 0 Å². The highest BCUT2D eigenvalue weighted by Gasteiger charge is 2.33. The molecule has 1 unspecified atom stereocenters. The molecule has 3 aromatic rings. The molecule has 0 heterocycles. The highest BCUT2D eigenvalue weighted by atomic mass is 32.1. The van der Waals surface area contributed by atoms with E-state index in [0.717, 1.165) is 0 Å². The van der Waals surface area contributed by atoms with Gasteiger partial charge in [0.25, 0.3) is 0 Å². The van der Waals surface area contributed by atoms with Gasteiger partial charge in [0.05, 0.1) is 13.0 Å². The molecule has 0 spiro atoms. The lowest BCUT2D eigenvalue weighted by molar-refractivity contribution is -0.143. The van der Waals surface area contributed by atoms with E-state index in [1.807, 2.05) is 10.6 Å². The molecular weight excluding hydrogens is 1180 g/mol. The molecule has 33 heteroatoms. The predicted molar refractivity (Wildman–Crippen MR) is 307 cm³/mol. The van der Waals surface area contributed by atoms with Gasteiger partial charge in [0, 0.05) is 50.8 Å². The molecule has 0 bridgehead atoms. The standard InChI is InChI=1S/C55H69N11O21S/c56-32(46(74)62-39(25-45(72)73)50(78)64-40(28-88)54(85)86)26-58-47(75)36(22-29-10-4-1-5-11-29)63-49(77)38(24-31-14-8-3-9-15-31)60-43(69)27-57-41(67)19-16-33(51(79)80)61-48(76)37(23-30-12-6-2-7-13-30)59-42(68)20-17-34(52(81)82)65-55(87)66-35(53(83)84)18-21-44(70)71/h1-15,32-40,88H,16-28,56H2,(H,57,67)(H,58,75)(H,59,68)(H,60,69)(H,61,76)(H,62,74)(H,63,77)(H,64,78)(H,70,71)(H,72,73)(H,79,80)(H,81,82)(H,83,84)(H,85,86)(H2,65,66,87)/t32-,33+,34-,35-,36-,37?,38-,39-,40-/m0/s1. The van der Waals surface area contributed by atoms with Crippen LogP contribution in [0.25, 0.3) is 0 Å². The smallest absolute Gasteiger partial charge is 0.327 e. The molecule has 0 radical (unpaired) electrons. The number of aliphatic carboxylic acids is 6. The molecule has 3 rings (SSSR count). The number of benzene rings is 3. The summed E-state index contributed by atoms with van der Waals surface area (Å²) in [7, 11) is 0. The zero-order chi connectivity index (χ0) is 65.5. The van der Waals surface area contributed by atoms with Crippen LogP contribution in [0.2, 0.25) is 0 Å². The number of carboxylic acid groups (broad SMARTS) is 6. The first-order chi connectivity index (χ1) is 41.6. The van der Waals surface area contributed by atoms with E-state index in [9.17, 15) is 97.5 Å². The monoisotopic (exact) mass is 1250 g/mol. The fourth-order valence-corrected chi connectivity index (χ4v) is 8.24. The molecule has 0 aromatic heterocycles. The molecule has 0 saturated heterocycles. The topological polar surface area (TPSA) is 524 Å². The number of hydrogen-bond acceptors (Lipinski definition) is 17. The van der Waals surface area contributed by atoms with Crippen molar-refractivity contribution < 1.29 is 103 Å². The van der Waals surface area contributed by atoms with Crippen LogP contribution in [0.1, 0.15) is 61.6 Å². The summed E-state index contributed by atoms with van der Waals surface area (Å²) in [4.78, 5) is 189. The number of amides is 10. The second-order valence-corrected chi connectivity index (χ2v) is 19.9. The molecule has 32 nitrogen and oxygen atoms in total. The molecule has 0 aliphatic rings. The first kappa shape index (κ1) is 72.1. The Balaban J connectivity index is 1.69. The van der Waals surface area contributed by atoms with Crippen molar-refractivity contribution in [2.45, 2.75) is 119 Å². The van der Waals surface area contributed by atoms with Gasteiger partial charge in [0.1, 0.15) is 54.4 Å². The number of nitrogens with one attached hydrogen (secondary N) is 10. The van der Waals surface area contributed by atoms with Crippen molar-refractivity contribution in [3.63, 3.8) is 0 Å². The average molecular weight is 1250 g/mol. The average Bonchev–Trinajstić information content (AvgIpc) is 3.69. The zero-order valence-corrected chi connectivity index (χ0v) is 47.8. The number of carbonyl (C=O) groups excluding carboxylic acids is 9. The van der Waals surface area contributed by atoms with Crippen LogP contribution in [0.5, 0.6) is 0 Å². The number of thiol groups is 1. The van der Waals surface area contributed by atoms with E-state index in [1.165, 1.54) is 0 Å². The Bertz CT molecular complexity index is 2960. The van der Waals surface area contributed by atoms with Gasteiger partial charge in [-0.1, -0.05) is 91.0 Å². The van der Waals surface area contributed by atoms with Crippen LogP contribution in [-0.4, -0.2) is 193 Å². The van der Waals surface area contributed by atoms with E-state index in [1.54, 1.807) is 91.0 Å². The van der Waals surface area contributed by atoms with Gasteiger partial charge in [-0.3, -0.25) is 47.9 Å². The summed E-state index contributed by atoms with van der Waals surface area (Å²) >= 11 is 3.84. The van der Waals surface area contributed by atoms with Crippen LogP contribution in [0, 0.1) is 0 Å². The lowest BCUT2D eigenvalue weighted by Gasteiger charge is -2.24. The van der Waals surface area contributed by atoms with Crippen LogP contribution in [0.4, 0.5) is 4.79 Å². The summed E-state index contributed by atoms with van der Waals surface area (Å²) in [6, 6.07) is 8.70. The molecule has 0 aliphatic carbocycles. The second-order valence-electron chi connectivity index (χ2n) is 19.5. The predicted octanol–water partition coefficient (Wildman–Crippen LogP) is -3.61. The van der Waals surface area contributed by atoms with Crippen molar-refractivity contribution in [1.82, 2.24) is 53.2 Å². The summed E-state index contributed by atoms with van der Waals surface area (Å²) in [6.45, 7) is -1.41. The van der Waals surface area contributed by atoms with Crippen molar-refractivity contribution in [1.29, 1.82) is 0 Å². The summed E-state index contributed by atoms with van der Waals surface area (Å²) < 4.78 is 0. The van der Waals surface area contributed by atoms with E-state index in [-0.39, 0.29) is 25.0 Å². The van der Waals surface area contributed by atoms with E-state index in [0.29, 0.717) is 16.7 Å². The van der Waals surface area contributed by atoms with Gasteiger partial charge in [-0.15, -0.1) is 0 Å². The van der Waals surface area contributed by atoms with Crippen molar-refractivity contribution in [2.24, 2.45) is 5.73 Å². The van der Waals surface area contributed by atoms with Crippen molar-refractivity contribution in [3.8, 4) is 0 Å². The Morgan fingerprint density at radius 2 is 0.739 bits per heavy atom. The maximum Gasteiger partial charge on any atom is 0.327 e. The van der Waals surface area contributed by atoms with Crippen molar-refractivity contribution >= 4 is 102 Å². The summed E-state index contributed by atoms with van der Waals surface area (Å²) in [6.07, 6.45) is -5.13. The minimum Gasteiger partial charge on any atom is -0.481 e. The number of nitrogens with two attached hydrogens (primary N) is 1.